The van der Waals surface area contributed by atoms with Crippen molar-refractivity contribution in [2.45, 2.75) is 11.8 Å². The number of halogens is 2. The molecule has 0 aliphatic carbocycles. The molecular formula is C23H25Cl2N5O3S. The summed E-state index contributed by atoms with van der Waals surface area (Å²) in [6.07, 6.45) is 1.56. The van der Waals surface area contributed by atoms with Crippen LogP contribution in [0.25, 0.3) is 0 Å². The van der Waals surface area contributed by atoms with E-state index in [-0.39, 0.29) is 23.9 Å². The second-order valence-corrected chi connectivity index (χ2v) is 10.00. The lowest BCUT2D eigenvalue weighted by Crippen LogP contribution is -2.37. The summed E-state index contributed by atoms with van der Waals surface area (Å²) in [5.74, 6) is 0.216. The fourth-order valence-corrected chi connectivity index (χ4v) is 5.07. The van der Waals surface area contributed by atoms with Gasteiger partial charge >= 0.3 is 0 Å². The van der Waals surface area contributed by atoms with E-state index in [1.807, 2.05) is 0 Å². The van der Waals surface area contributed by atoms with Crippen molar-refractivity contribution in [1.29, 1.82) is 0 Å². The average molecular weight is 522 g/mol. The van der Waals surface area contributed by atoms with E-state index < -0.39 is 10.0 Å². The maximum Gasteiger partial charge on any atom is 0.264 e. The fourth-order valence-electron chi connectivity index (χ4n) is 3.33. The standard InChI is InChI=1S/C23H25Cl2N5O3S/c1-17(31)29(20-8-4-18(24)5-9-20)16-14-28-23-22(3-2-13-27-23)30(15-12-26)34(32,33)21-10-6-19(25)7-11-21/h2-11,13H,12,14-16,26H2,1H3,(H,27,28). The predicted molar refractivity (Wildman–Crippen MR) is 137 cm³/mol. The minimum atomic E-state index is -3.92. The molecule has 0 saturated heterocycles. The lowest BCUT2D eigenvalue weighted by molar-refractivity contribution is -0.116. The summed E-state index contributed by atoms with van der Waals surface area (Å²) in [4.78, 5) is 18.2. The Morgan fingerprint density at radius 2 is 1.62 bits per heavy atom. The van der Waals surface area contributed by atoms with E-state index >= 15 is 0 Å². The number of carbonyl (C=O) groups excluding carboxylic acids is 1. The number of amides is 1. The van der Waals surface area contributed by atoms with Crippen molar-refractivity contribution >= 4 is 56.3 Å². The van der Waals surface area contributed by atoms with E-state index in [0.29, 0.717) is 40.3 Å². The zero-order chi connectivity index (χ0) is 24.7. The van der Waals surface area contributed by atoms with Gasteiger partial charge in [0.25, 0.3) is 10.0 Å². The zero-order valence-electron chi connectivity index (χ0n) is 18.5. The molecule has 0 unspecified atom stereocenters. The van der Waals surface area contributed by atoms with Gasteiger partial charge in [-0.1, -0.05) is 23.2 Å². The van der Waals surface area contributed by atoms with Crippen LogP contribution in [0.2, 0.25) is 10.0 Å². The predicted octanol–water partition coefficient (Wildman–Crippen LogP) is 4.01. The summed E-state index contributed by atoms with van der Waals surface area (Å²) in [6, 6.07) is 16.2. The fraction of sp³-hybridized carbons (Fsp3) is 0.217. The van der Waals surface area contributed by atoms with E-state index in [1.54, 1.807) is 47.5 Å². The van der Waals surface area contributed by atoms with Gasteiger partial charge in [-0.25, -0.2) is 13.4 Å². The summed E-state index contributed by atoms with van der Waals surface area (Å²) in [6.45, 7) is 2.28. The molecule has 0 aliphatic heterocycles. The maximum absolute atomic E-state index is 13.4. The zero-order valence-corrected chi connectivity index (χ0v) is 20.8. The molecule has 34 heavy (non-hydrogen) atoms. The van der Waals surface area contributed by atoms with Crippen LogP contribution in [0.4, 0.5) is 17.2 Å². The molecule has 0 saturated carbocycles. The number of nitrogens with two attached hydrogens (primary N) is 1. The number of aromatic nitrogens is 1. The van der Waals surface area contributed by atoms with Crippen molar-refractivity contribution in [2.24, 2.45) is 5.73 Å². The molecule has 11 heteroatoms. The van der Waals surface area contributed by atoms with Gasteiger partial charge in [-0.05, 0) is 60.7 Å². The van der Waals surface area contributed by atoms with Gasteiger partial charge in [-0.2, -0.15) is 0 Å². The topological polar surface area (TPSA) is 109 Å². The Hall–Kier alpha value is -2.85. The van der Waals surface area contributed by atoms with Gasteiger partial charge in [0.05, 0.1) is 10.6 Å². The monoisotopic (exact) mass is 521 g/mol. The Morgan fingerprint density at radius 3 is 2.21 bits per heavy atom. The normalized spacial score (nSPS) is 11.2. The highest BCUT2D eigenvalue weighted by atomic mass is 35.5. The summed E-state index contributed by atoms with van der Waals surface area (Å²) in [5.41, 5.74) is 6.80. The molecule has 0 radical (unpaired) electrons. The quantitative estimate of drug-likeness (QED) is 0.417. The van der Waals surface area contributed by atoms with Crippen molar-refractivity contribution in [3.63, 3.8) is 0 Å². The van der Waals surface area contributed by atoms with Gasteiger partial charge in [0, 0.05) is 55.0 Å². The SMILES string of the molecule is CC(=O)N(CCNc1ncccc1N(CCN)S(=O)(=O)c1ccc(Cl)cc1)c1ccc(Cl)cc1. The first-order valence-electron chi connectivity index (χ1n) is 10.4. The van der Waals surface area contributed by atoms with E-state index in [9.17, 15) is 13.2 Å². The first kappa shape index (κ1) is 25.8. The molecule has 0 bridgehead atoms. The number of anilines is 3. The van der Waals surface area contributed by atoms with Gasteiger partial charge in [-0.3, -0.25) is 9.10 Å². The molecule has 3 aromatic rings. The highest BCUT2D eigenvalue weighted by Crippen LogP contribution is 2.29. The van der Waals surface area contributed by atoms with E-state index in [0.717, 1.165) is 0 Å². The Balaban J connectivity index is 1.83. The minimum absolute atomic E-state index is 0.0513. The maximum atomic E-state index is 13.4. The van der Waals surface area contributed by atoms with Crippen LogP contribution < -0.4 is 20.3 Å². The average Bonchev–Trinajstić information content (AvgIpc) is 2.81. The van der Waals surface area contributed by atoms with Crippen LogP contribution in [0.1, 0.15) is 6.92 Å². The second kappa shape index (κ2) is 11.5. The van der Waals surface area contributed by atoms with Gasteiger partial charge in [0.15, 0.2) is 5.82 Å². The number of hydrogen-bond donors (Lipinski definition) is 2. The summed E-state index contributed by atoms with van der Waals surface area (Å²) < 4.78 is 28.0. The summed E-state index contributed by atoms with van der Waals surface area (Å²) in [5, 5.41) is 4.16. The number of hydrogen-bond acceptors (Lipinski definition) is 6. The van der Waals surface area contributed by atoms with Crippen LogP contribution >= 0.6 is 23.2 Å². The number of nitrogens with zero attached hydrogens (tertiary/aromatic N) is 3. The largest absolute Gasteiger partial charge is 0.367 e. The molecule has 8 nitrogen and oxygen atoms in total. The van der Waals surface area contributed by atoms with Crippen LogP contribution in [0.3, 0.4) is 0 Å². The molecule has 3 N–H and O–H groups in total. The Morgan fingerprint density at radius 1 is 1.00 bits per heavy atom. The lowest BCUT2D eigenvalue weighted by Gasteiger charge is -2.26. The number of nitrogens with one attached hydrogen (secondary N) is 1. The Kier molecular flexibility index (Phi) is 8.73. The third-order valence-corrected chi connectivity index (χ3v) is 7.27. The second-order valence-electron chi connectivity index (χ2n) is 7.26. The van der Waals surface area contributed by atoms with Crippen LogP contribution in [0, 0.1) is 0 Å². The molecule has 0 atom stereocenters. The van der Waals surface area contributed by atoms with E-state index in [1.165, 1.54) is 35.5 Å². The minimum Gasteiger partial charge on any atom is -0.367 e. The number of rotatable bonds is 10. The molecule has 0 fully saturated rings. The van der Waals surface area contributed by atoms with Crippen LogP contribution in [0.5, 0.6) is 0 Å². The number of carbonyl (C=O) groups is 1. The van der Waals surface area contributed by atoms with Crippen molar-refractivity contribution in [1.82, 2.24) is 4.98 Å². The van der Waals surface area contributed by atoms with Crippen molar-refractivity contribution in [3.05, 3.63) is 76.9 Å². The van der Waals surface area contributed by atoms with Crippen LogP contribution in [0.15, 0.2) is 71.8 Å². The molecule has 0 spiro atoms. The number of benzene rings is 2. The first-order chi connectivity index (χ1) is 16.2. The van der Waals surface area contributed by atoms with Gasteiger partial charge < -0.3 is 16.0 Å². The van der Waals surface area contributed by atoms with E-state index in [4.69, 9.17) is 28.9 Å². The number of sulfonamides is 1. The third kappa shape index (κ3) is 6.18. The Bertz CT molecular complexity index is 1220. The Labute approximate surface area is 209 Å². The van der Waals surface area contributed by atoms with Crippen LogP contribution in [-0.4, -0.2) is 45.5 Å². The van der Waals surface area contributed by atoms with Crippen molar-refractivity contribution in [2.75, 3.05) is 40.7 Å². The summed E-state index contributed by atoms with van der Waals surface area (Å²) >= 11 is 11.9. The lowest BCUT2D eigenvalue weighted by atomic mass is 10.3. The highest BCUT2D eigenvalue weighted by molar-refractivity contribution is 7.92. The van der Waals surface area contributed by atoms with E-state index in [2.05, 4.69) is 10.3 Å². The van der Waals surface area contributed by atoms with Gasteiger partial charge in [-0.15, -0.1) is 0 Å². The molecule has 2 aromatic carbocycles. The molecule has 3 rings (SSSR count). The smallest absolute Gasteiger partial charge is 0.264 e. The summed E-state index contributed by atoms with van der Waals surface area (Å²) in [7, 11) is -3.92. The molecule has 1 aromatic heterocycles. The van der Waals surface area contributed by atoms with Crippen LogP contribution in [-0.2, 0) is 14.8 Å². The van der Waals surface area contributed by atoms with Crippen molar-refractivity contribution < 1.29 is 13.2 Å². The third-order valence-electron chi connectivity index (χ3n) is 4.94. The molecule has 1 heterocycles. The van der Waals surface area contributed by atoms with Crippen molar-refractivity contribution in [3.8, 4) is 0 Å². The molecule has 0 aliphatic rings. The number of pyridine rings is 1. The van der Waals surface area contributed by atoms with Gasteiger partial charge in [0.2, 0.25) is 5.91 Å². The molecular weight excluding hydrogens is 497 g/mol. The molecule has 1 amide bonds. The molecule has 180 valence electrons. The first-order valence-corrected chi connectivity index (χ1v) is 12.6. The highest BCUT2D eigenvalue weighted by Gasteiger charge is 2.27. The van der Waals surface area contributed by atoms with Gasteiger partial charge in [0.1, 0.15) is 0 Å².